The zero-order chi connectivity index (χ0) is 22.8. The summed E-state index contributed by atoms with van der Waals surface area (Å²) in [6.07, 6.45) is 4.54. The third-order valence-corrected chi connectivity index (χ3v) is 5.14. The van der Waals surface area contributed by atoms with Gasteiger partial charge in [-0.25, -0.2) is 19.3 Å². The number of nitrogens with one attached hydrogen (secondary N) is 2. The van der Waals surface area contributed by atoms with E-state index in [1.165, 1.54) is 41.4 Å². The number of ketones is 1. The second-order valence-electron chi connectivity index (χ2n) is 7.32. The van der Waals surface area contributed by atoms with Gasteiger partial charge in [-0.1, -0.05) is 18.2 Å². The number of rotatable bonds is 6. The number of carbonyl (C=O) groups excluding carboxylic acids is 1. The van der Waals surface area contributed by atoms with E-state index >= 15 is 0 Å². The Morgan fingerprint density at radius 1 is 1.03 bits per heavy atom. The zero-order valence-corrected chi connectivity index (χ0v) is 17.2. The molecule has 9 heteroatoms. The molecule has 0 aliphatic carbocycles. The molecule has 0 spiro atoms. The zero-order valence-electron chi connectivity index (χ0n) is 17.2. The Bertz CT molecular complexity index is 1520. The van der Waals surface area contributed by atoms with Crippen molar-refractivity contribution in [1.29, 1.82) is 0 Å². The number of halogens is 1. The van der Waals surface area contributed by atoms with Gasteiger partial charge in [0.05, 0.1) is 17.6 Å². The van der Waals surface area contributed by atoms with Crippen LogP contribution in [0, 0.1) is 5.82 Å². The van der Waals surface area contributed by atoms with E-state index in [9.17, 15) is 14.0 Å². The average molecular weight is 440 g/mol. The molecule has 0 saturated carbocycles. The van der Waals surface area contributed by atoms with Crippen molar-refractivity contribution in [1.82, 2.24) is 24.5 Å². The summed E-state index contributed by atoms with van der Waals surface area (Å²) >= 11 is 0. The molecule has 0 amide bonds. The molecule has 162 valence electrons. The van der Waals surface area contributed by atoms with Crippen LogP contribution in [0.5, 0.6) is 0 Å². The molecule has 0 atom stereocenters. The molecule has 0 fully saturated rings. The van der Waals surface area contributed by atoms with E-state index in [0.717, 1.165) is 11.3 Å². The van der Waals surface area contributed by atoms with Crippen LogP contribution in [-0.2, 0) is 6.42 Å². The maximum atomic E-state index is 13.6. The van der Waals surface area contributed by atoms with Gasteiger partial charge in [0, 0.05) is 18.3 Å². The molecule has 3 aromatic heterocycles. The molecule has 3 heterocycles. The van der Waals surface area contributed by atoms with Gasteiger partial charge in [0.15, 0.2) is 17.2 Å². The number of H-pyrrole nitrogens is 1. The summed E-state index contributed by atoms with van der Waals surface area (Å²) < 4.78 is 14.8. The lowest BCUT2D eigenvalue weighted by molar-refractivity contribution is 0.0991. The van der Waals surface area contributed by atoms with E-state index in [4.69, 9.17) is 0 Å². The molecule has 0 aliphatic rings. The Balaban J connectivity index is 1.34. The fourth-order valence-corrected chi connectivity index (χ4v) is 3.52. The van der Waals surface area contributed by atoms with Crippen LogP contribution >= 0.6 is 0 Å². The molecule has 0 aliphatic heterocycles. The highest BCUT2D eigenvalue weighted by Crippen LogP contribution is 2.21. The SMILES string of the molecule is O=C(Cc1ccc(Nc2ncnc3nc[nH]c23)cc1)c1cccn(-c2cccc(F)c2)c1=O. The summed E-state index contributed by atoms with van der Waals surface area (Å²) in [6.45, 7) is 0. The quantitative estimate of drug-likeness (QED) is 0.389. The number of imidazole rings is 1. The number of benzene rings is 2. The molecule has 5 rings (SSSR count). The maximum Gasteiger partial charge on any atom is 0.265 e. The van der Waals surface area contributed by atoms with Gasteiger partial charge in [-0.2, -0.15) is 0 Å². The summed E-state index contributed by atoms with van der Waals surface area (Å²) in [5.41, 5.74) is 2.69. The number of aromatic amines is 1. The minimum Gasteiger partial charge on any atom is -0.340 e. The van der Waals surface area contributed by atoms with Crippen LogP contribution in [0.25, 0.3) is 16.9 Å². The van der Waals surface area contributed by atoms with Gasteiger partial charge in [-0.3, -0.25) is 14.2 Å². The number of Topliss-reactive ketones (excluding diaryl/α,β-unsaturated/α-hetero) is 1. The van der Waals surface area contributed by atoms with Crippen molar-refractivity contribution in [2.75, 3.05) is 5.32 Å². The molecule has 0 bridgehead atoms. The van der Waals surface area contributed by atoms with Crippen LogP contribution in [0.15, 0.2) is 84.3 Å². The number of fused-ring (bicyclic) bond motifs is 1. The monoisotopic (exact) mass is 440 g/mol. The Morgan fingerprint density at radius 3 is 2.70 bits per heavy atom. The van der Waals surface area contributed by atoms with Crippen LogP contribution in [0.3, 0.4) is 0 Å². The Hall–Kier alpha value is -4.66. The molecule has 33 heavy (non-hydrogen) atoms. The highest BCUT2D eigenvalue weighted by Gasteiger charge is 2.14. The average Bonchev–Trinajstić information content (AvgIpc) is 3.30. The van der Waals surface area contributed by atoms with Crippen molar-refractivity contribution in [3.63, 3.8) is 0 Å². The lowest BCUT2D eigenvalue weighted by Gasteiger charge is -2.09. The minimum atomic E-state index is -0.487. The second-order valence-corrected chi connectivity index (χ2v) is 7.32. The van der Waals surface area contributed by atoms with Crippen molar-refractivity contribution >= 4 is 28.5 Å². The molecule has 0 unspecified atom stereocenters. The van der Waals surface area contributed by atoms with Gasteiger partial charge in [-0.05, 0) is 48.0 Å². The molecule has 2 aromatic carbocycles. The smallest absolute Gasteiger partial charge is 0.265 e. The lowest BCUT2D eigenvalue weighted by Crippen LogP contribution is -2.25. The van der Waals surface area contributed by atoms with Gasteiger partial charge in [0.25, 0.3) is 5.56 Å². The number of nitrogens with zero attached hydrogens (tertiary/aromatic N) is 4. The van der Waals surface area contributed by atoms with Crippen LogP contribution in [0.4, 0.5) is 15.9 Å². The first-order chi connectivity index (χ1) is 16.1. The first kappa shape index (κ1) is 20.3. The minimum absolute atomic E-state index is 0.0478. The molecule has 0 radical (unpaired) electrons. The fraction of sp³-hybridized carbons (Fsp3) is 0.0417. The molecular weight excluding hydrogens is 423 g/mol. The first-order valence-corrected chi connectivity index (χ1v) is 10.1. The van der Waals surface area contributed by atoms with Gasteiger partial charge < -0.3 is 10.3 Å². The van der Waals surface area contributed by atoms with E-state index in [0.29, 0.717) is 22.7 Å². The van der Waals surface area contributed by atoms with Crippen LogP contribution < -0.4 is 10.9 Å². The maximum absolute atomic E-state index is 13.6. The third-order valence-electron chi connectivity index (χ3n) is 5.14. The predicted octanol–water partition coefficient (Wildman–Crippen LogP) is 3.81. The van der Waals surface area contributed by atoms with E-state index < -0.39 is 11.4 Å². The highest BCUT2D eigenvalue weighted by molar-refractivity contribution is 5.97. The summed E-state index contributed by atoms with van der Waals surface area (Å²) in [5.74, 6) is -0.190. The summed E-state index contributed by atoms with van der Waals surface area (Å²) in [4.78, 5) is 41.1. The van der Waals surface area contributed by atoms with Gasteiger partial charge in [-0.15, -0.1) is 0 Å². The van der Waals surface area contributed by atoms with E-state index in [2.05, 4.69) is 25.3 Å². The number of anilines is 2. The number of hydrogen-bond acceptors (Lipinski definition) is 6. The summed E-state index contributed by atoms with van der Waals surface area (Å²) in [7, 11) is 0. The molecular formula is C24H17FN6O2. The van der Waals surface area contributed by atoms with Crippen LogP contribution in [-0.4, -0.2) is 30.3 Å². The van der Waals surface area contributed by atoms with Crippen molar-refractivity contribution < 1.29 is 9.18 Å². The van der Waals surface area contributed by atoms with Crippen molar-refractivity contribution in [3.05, 3.63) is 107 Å². The number of carbonyl (C=O) groups is 1. The van der Waals surface area contributed by atoms with Crippen LogP contribution in [0.1, 0.15) is 15.9 Å². The van der Waals surface area contributed by atoms with Crippen LogP contribution in [0.2, 0.25) is 0 Å². The van der Waals surface area contributed by atoms with E-state index in [-0.39, 0.29) is 17.8 Å². The normalized spacial score (nSPS) is 10.9. The van der Waals surface area contributed by atoms with Gasteiger partial charge in [0.1, 0.15) is 17.7 Å². The number of pyridine rings is 1. The fourth-order valence-electron chi connectivity index (χ4n) is 3.52. The van der Waals surface area contributed by atoms with Gasteiger partial charge in [0.2, 0.25) is 0 Å². The first-order valence-electron chi connectivity index (χ1n) is 10.1. The largest absolute Gasteiger partial charge is 0.340 e. The van der Waals surface area contributed by atoms with E-state index in [1.807, 2.05) is 12.1 Å². The number of aromatic nitrogens is 5. The van der Waals surface area contributed by atoms with Crippen molar-refractivity contribution in [2.45, 2.75) is 6.42 Å². The Labute approximate surface area is 186 Å². The topological polar surface area (TPSA) is 106 Å². The lowest BCUT2D eigenvalue weighted by atomic mass is 10.0. The standard InChI is InChI=1S/C24H17FN6O2/c25-16-3-1-4-18(12-16)31-10-2-5-19(24(31)33)20(32)11-15-6-8-17(9-7-15)30-23-21-22(27-13-26-21)28-14-29-23/h1-10,12-14H,11H2,(H2,26,27,28,29,30). The predicted molar refractivity (Wildman–Crippen MR) is 121 cm³/mol. The summed E-state index contributed by atoms with van der Waals surface area (Å²) in [6, 6.07) is 16.0. The van der Waals surface area contributed by atoms with E-state index in [1.54, 1.807) is 30.6 Å². The molecule has 5 aromatic rings. The highest BCUT2D eigenvalue weighted by atomic mass is 19.1. The van der Waals surface area contributed by atoms with Gasteiger partial charge >= 0.3 is 0 Å². The Kier molecular flexibility index (Phi) is 5.19. The number of hydrogen-bond donors (Lipinski definition) is 2. The molecule has 2 N–H and O–H groups in total. The van der Waals surface area contributed by atoms with Crippen molar-refractivity contribution in [3.8, 4) is 5.69 Å². The third kappa shape index (κ3) is 4.11. The molecule has 0 saturated heterocycles. The Morgan fingerprint density at radius 2 is 1.88 bits per heavy atom. The second kappa shape index (κ2) is 8.46. The van der Waals surface area contributed by atoms with Crippen molar-refractivity contribution in [2.24, 2.45) is 0 Å². The summed E-state index contributed by atoms with van der Waals surface area (Å²) in [5, 5.41) is 3.19. The molecule has 8 nitrogen and oxygen atoms in total.